The highest BCUT2D eigenvalue weighted by molar-refractivity contribution is 6.42. The molecule has 1 saturated heterocycles. The minimum absolute atomic E-state index is 0.102. The summed E-state index contributed by atoms with van der Waals surface area (Å²) < 4.78 is 5.83. The maximum absolute atomic E-state index is 8.89. The van der Waals surface area contributed by atoms with Crippen molar-refractivity contribution >= 4 is 23.2 Å². The maximum Gasteiger partial charge on any atom is 0.0876 e. The Balaban J connectivity index is 2.26. The zero-order valence-electron chi connectivity index (χ0n) is 9.83. The van der Waals surface area contributed by atoms with E-state index < -0.39 is 0 Å². The van der Waals surface area contributed by atoms with Crippen LogP contribution in [0, 0.1) is 17.2 Å². The lowest BCUT2D eigenvalue weighted by Gasteiger charge is -2.23. The average molecular weight is 285 g/mol. The zero-order chi connectivity index (χ0) is 13.0. The molecule has 0 amide bonds. The third-order valence-corrected chi connectivity index (χ3v) is 3.78. The van der Waals surface area contributed by atoms with Crippen LogP contribution in [-0.2, 0) is 4.74 Å². The van der Waals surface area contributed by atoms with Crippen molar-refractivity contribution in [3.05, 3.63) is 33.8 Å². The largest absolute Gasteiger partial charge is 0.372 e. The number of nitriles is 1. The van der Waals surface area contributed by atoms with Crippen molar-refractivity contribution in [2.45, 2.75) is 12.5 Å². The Morgan fingerprint density at radius 1 is 1.39 bits per heavy atom. The molecule has 1 aliphatic rings. The van der Waals surface area contributed by atoms with Gasteiger partial charge in [0.15, 0.2) is 0 Å². The number of ether oxygens (including phenoxy) is 1. The summed E-state index contributed by atoms with van der Waals surface area (Å²) in [6.07, 6.45) is 0.354. The number of hydrogen-bond donors (Lipinski definition) is 1. The van der Waals surface area contributed by atoms with E-state index >= 15 is 0 Å². The van der Waals surface area contributed by atoms with Crippen LogP contribution in [0.3, 0.4) is 0 Å². The number of benzene rings is 1. The van der Waals surface area contributed by atoms with E-state index in [2.05, 4.69) is 11.4 Å². The van der Waals surface area contributed by atoms with Gasteiger partial charge in [-0.1, -0.05) is 29.3 Å². The molecule has 1 aliphatic heterocycles. The molecule has 5 heteroatoms. The first kappa shape index (κ1) is 13.6. The summed E-state index contributed by atoms with van der Waals surface area (Å²) in [7, 11) is 0. The number of rotatable bonds is 2. The van der Waals surface area contributed by atoms with Crippen LogP contribution in [-0.4, -0.2) is 19.7 Å². The Morgan fingerprint density at radius 2 is 2.22 bits per heavy atom. The SMILES string of the molecule is N#CCC1CNCCOC1c1ccc(Cl)c(Cl)c1. The van der Waals surface area contributed by atoms with Crippen molar-refractivity contribution in [2.75, 3.05) is 19.7 Å². The molecule has 0 radical (unpaired) electrons. The second-order valence-electron chi connectivity index (χ2n) is 4.29. The minimum Gasteiger partial charge on any atom is -0.372 e. The van der Waals surface area contributed by atoms with Crippen LogP contribution in [0.5, 0.6) is 0 Å². The molecule has 0 aliphatic carbocycles. The average Bonchev–Trinajstić information content (AvgIpc) is 2.59. The van der Waals surface area contributed by atoms with Gasteiger partial charge < -0.3 is 10.1 Å². The molecular weight excluding hydrogens is 271 g/mol. The van der Waals surface area contributed by atoms with Crippen LogP contribution in [0.2, 0.25) is 10.0 Å². The fourth-order valence-corrected chi connectivity index (χ4v) is 2.45. The maximum atomic E-state index is 8.89. The van der Waals surface area contributed by atoms with Gasteiger partial charge in [0.1, 0.15) is 0 Å². The predicted octanol–water partition coefficient (Wildman–Crippen LogP) is 3.18. The molecule has 1 N–H and O–H groups in total. The van der Waals surface area contributed by atoms with Crippen molar-refractivity contribution in [3.8, 4) is 6.07 Å². The van der Waals surface area contributed by atoms with Crippen LogP contribution in [0.25, 0.3) is 0 Å². The fourth-order valence-electron chi connectivity index (χ4n) is 2.14. The van der Waals surface area contributed by atoms with E-state index in [1.54, 1.807) is 6.07 Å². The Hall–Kier alpha value is -0.790. The van der Waals surface area contributed by atoms with E-state index in [9.17, 15) is 0 Å². The first-order valence-corrected chi connectivity index (χ1v) is 6.62. The third kappa shape index (κ3) is 3.15. The fraction of sp³-hybridized carbons (Fsp3) is 0.462. The van der Waals surface area contributed by atoms with Gasteiger partial charge in [-0.3, -0.25) is 0 Å². The molecule has 0 spiro atoms. The molecule has 0 bridgehead atoms. The molecule has 1 aromatic carbocycles. The minimum atomic E-state index is -0.102. The lowest BCUT2D eigenvalue weighted by Crippen LogP contribution is -2.24. The van der Waals surface area contributed by atoms with Crippen molar-refractivity contribution in [2.24, 2.45) is 5.92 Å². The molecule has 1 fully saturated rings. The Labute approximate surface area is 117 Å². The van der Waals surface area contributed by atoms with Crippen molar-refractivity contribution in [1.82, 2.24) is 5.32 Å². The molecule has 2 atom stereocenters. The molecule has 3 nitrogen and oxygen atoms in total. The van der Waals surface area contributed by atoms with E-state index in [0.29, 0.717) is 23.1 Å². The standard InChI is InChI=1S/C13H14Cl2N2O/c14-11-2-1-9(7-12(11)15)13-10(3-4-16)8-17-5-6-18-13/h1-2,7,10,13,17H,3,5-6,8H2. The molecule has 1 aromatic rings. The zero-order valence-corrected chi connectivity index (χ0v) is 11.3. The highest BCUT2D eigenvalue weighted by atomic mass is 35.5. The number of halogens is 2. The van der Waals surface area contributed by atoms with Crippen molar-refractivity contribution in [3.63, 3.8) is 0 Å². The van der Waals surface area contributed by atoms with Gasteiger partial charge in [-0.05, 0) is 17.7 Å². The van der Waals surface area contributed by atoms with Crippen LogP contribution in [0.4, 0.5) is 0 Å². The van der Waals surface area contributed by atoms with Gasteiger partial charge in [0, 0.05) is 25.4 Å². The summed E-state index contributed by atoms with van der Waals surface area (Å²) >= 11 is 11.9. The number of nitrogens with zero attached hydrogens (tertiary/aromatic N) is 1. The topological polar surface area (TPSA) is 45.0 Å². The van der Waals surface area contributed by atoms with Crippen molar-refractivity contribution < 1.29 is 4.74 Å². The van der Waals surface area contributed by atoms with Crippen LogP contribution in [0.1, 0.15) is 18.1 Å². The second kappa shape index (κ2) is 6.40. The predicted molar refractivity (Wildman–Crippen MR) is 71.7 cm³/mol. The second-order valence-corrected chi connectivity index (χ2v) is 5.11. The molecule has 0 saturated carbocycles. The summed E-state index contributed by atoms with van der Waals surface area (Å²) in [5, 5.41) is 13.2. The summed E-state index contributed by atoms with van der Waals surface area (Å²) in [4.78, 5) is 0. The van der Waals surface area contributed by atoms with E-state index in [1.165, 1.54) is 0 Å². The van der Waals surface area contributed by atoms with Crippen molar-refractivity contribution in [1.29, 1.82) is 5.26 Å². The van der Waals surface area contributed by atoms with Gasteiger partial charge in [-0.15, -0.1) is 0 Å². The first-order valence-electron chi connectivity index (χ1n) is 5.86. The molecule has 1 heterocycles. The third-order valence-electron chi connectivity index (χ3n) is 3.04. The van der Waals surface area contributed by atoms with Crippen LogP contribution < -0.4 is 5.32 Å². The Kier molecular flexibility index (Phi) is 4.85. The monoisotopic (exact) mass is 284 g/mol. The highest BCUT2D eigenvalue weighted by Crippen LogP contribution is 2.33. The van der Waals surface area contributed by atoms with Crippen LogP contribution in [0.15, 0.2) is 18.2 Å². The Bertz CT molecular complexity index is 459. The lowest BCUT2D eigenvalue weighted by atomic mass is 9.93. The number of nitrogens with one attached hydrogen (secondary N) is 1. The van der Waals surface area contributed by atoms with E-state index in [4.69, 9.17) is 33.2 Å². The van der Waals surface area contributed by atoms with Gasteiger partial charge in [0.25, 0.3) is 0 Å². The summed E-state index contributed by atoms with van der Waals surface area (Å²) in [5.41, 5.74) is 0.980. The smallest absolute Gasteiger partial charge is 0.0876 e. The molecule has 2 unspecified atom stereocenters. The van der Waals surface area contributed by atoms with Gasteiger partial charge in [0.2, 0.25) is 0 Å². The quantitative estimate of drug-likeness (QED) is 0.907. The van der Waals surface area contributed by atoms with Gasteiger partial charge >= 0.3 is 0 Å². The Morgan fingerprint density at radius 3 is 2.94 bits per heavy atom. The number of hydrogen-bond acceptors (Lipinski definition) is 3. The molecule has 2 rings (SSSR count). The van der Waals surface area contributed by atoms with Gasteiger partial charge in [-0.2, -0.15) is 5.26 Å². The molecule has 96 valence electrons. The molecular formula is C13H14Cl2N2O. The molecule has 18 heavy (non-hydrogen) atoms. The molecule has 0 aromatic heterocycles. The van der Waals surface area contributed by atoms with Gasteiger partial charge in [0.05, 0.1) is 28.8 Å². The van der Waals surface area contributed by atoms with Crippen LogP contribution >= 0.6 is 23.2 Å². The van der Waals surface area contributed by atoms with Gasteiger partial charge in [-0.25, -0.2) is 0 Å². The first-order chi connectivity index (χ1) is 8.72. The van der Waals surface area contributed by atoms with E-state index in [0.717, 1.165) is 18.7 Å². The summed E-state index contributed by atoms with van der Waals surface area (Å²) in [5.74, 6) is 0.134. The highest BCUT2D eigenvalue weighted by Gasteiger charge is 2.26. The summed E-state index contributed by atoms with van der Waals surface area (Å²) in [6.45, 7) is 2.21. The van der Waals surface area contributed by atoms with E-state index in [1.807, 2.05) is 12.1 Å². The van der Waals surface area contributed by atoms with E-state index in [-0.39, 0.29) is 12.0 Å². The lowest BCUT2D eigenvalue weighted by molar-refractivity contribution is 0.0320. The summed E-state index contributed by atoms with van der Waals surface area (Å²) in [6, 6.07) is 7.72. The normalized spacial score (nSPS) is 24.3.